The van der Waals surface area contributed by atoms with Crippen molar-refractivity contribution >= 4 is 33.4 Å². The average Bonchev–Trinajstić information content (AvgIpc) is 2.83. The van der Waals surface area contributed by atoms with Crippen LogP contribution in [0.3, 0.4) is 0 Å². The minimum atomic E-state index is -3.62. The van der Waals surface area contributed by atoms with E-state index < -0.39 is 22.0 Å². The summed E-state index contributed by atoms with van der Waals surface area (Å²) in [5.41, 5.74) is 1.88. The van der Waals surface area contributed by atoms with Crippen molar-refractivity contribution in [3.63, 3.8) is 0 Å². The van der Waals surface area contributed by atoms with Gasteiger partial charge in [-0.05, 0) is 47.7 Å². The van der Waals surface area contributed by atoms with Crippen LogP contribution in [0, 0.1) is 6.92 Å². The molecule has 3 N–H and O–H groups in total. The summed E-state index contributed by atoms with van der Waals surface area (Å²) in [7, 11) is -0.820. The third-order valence-electron chi connectivity index (χ3n) is 5.39. The van der Waals surface area contributed by atoms with Crippen molar-refractivity contribution in [1.29, 1.82) is 0 Å². The zero-order valence-corrected chi connectivity index (χ0v) is 23.5. The first kappa shape index (κ1) is 29.2. The highest BCUT2D eigenvalue weighted by atomic mass is 32.2. The van der Waals surface area contributed by atoms with E-state index in [1.807, 2.05) is 20.8 Å². The van der Waals surface area contributed by atoms with Crippen molar-refractivity contribution in [3.05, 3.63) is 59.4 Å². The Balaban J connectivity index is 1.94. The first-order valence-electron chi connectivity index (χ1n) is 11.7. The molecule has 3 rings (SSSR count). The highest BCUT2D eigenvalue weighted by Crippen LogP contribution is 2.39. The lowest BCUT2D eigenvalue weighted by atomic mass is 9.86. The SMILES string of the molecule is CNC(=O)Oc1cc(Oc2cc(C(=O)Nc3cc(C(C)(C)C)cc(NS(C)(=O)=O)c3OC)ccc2C)ncn1. The summed E-state index contributed by atoms with van der Waals surface area (Å²) < 4.78 is 42.8. The van der Waals surface area contributed by atoms with Crippen LogP contribution in [0.2, 0.25) is 0 Å². The molecule has 0 saturated heterocycles. The predicted molar refractivity (Wildman–Crippen MR) is 146 cm³/mol. The number of sulfonamides is 1. The summed E-state index contributed by atoms with van der Waals surface area (Å²) in [6.45, 7) is 7.69. The smallest absolute Gasteiger partial charge is 0.413 e. The highest BCUT2D eigenvalue weighted by molar-refractivity contribution is 7.92. The zero-order valence-electron chi connectivity index (χ0n) is 22.7. The molecule has 0 aliphatic heterocycles. The molecule has 2 amide bonds. The molecule has 0 fully saturated rings. The van der Waals surface area contributed by atoms with E-state index in [2.05, 4.69) is 25.3 Å². The van der Waals surface area contributed by atoms with Gasteiger partial charge in [-0.2, -0.15) is 0 Å². The third kappa shape index (κ3) is 7.80. The molecule has 12 nitrogen and oxygen atoms in total. The molecule has 1 aromatic heterocycles. The molecule has 208 valence electrons. The van der Waals surface area contributed by atoms with Gasteiger partial charge in [-0.25, -0.2) is 23.2 Å². The molecule has 0 radical (unpaired) electrons. The summed E-state index contributed by atoms with van der Waals surface area (Å²) in [5.74, 6) is 0.0914. The number of amides is 2. The fraction of sp³-hybridized carbons (Fsp3) is 0.308. The van der Waals surface area contributed by atoms with Gasteiger partial charge in [-0.15, -0.1) is 0 Å². The lowest BCUT2D eigenvalue weighted by Crippen LogP contribution is -2.22. The van der Waals surface area contributed by atoms with Gasteiger partial charge < -0.3 is 24.8 Å². The average molecular weight is 558 g/mol. The van der Waals surface area contributed by atoms with Gasteiger partial charge in [0.25, 0.3) is 5.91 Å². The molecule has 0 spiro atoms. The topological polar surface area (TPSA) is 158 Å². The van der Waals surface area contributed by atoms with E-state index in [-0.39, 0.29) is 39.9 Å². The van der Waals surface area contributed by atoms with Crippen LogP contribution in [0.4, 0.5) is 16.2 Å². The Bertz CT molecular complexity index is 1500. The van der Waals surface area contributed by atoms with Crippen LogP contribution >= 0.6 is 0 Å². The van der Waals surface area contributed by atoms with Crippen LogP contribution in [0.25, 0.3) is 0 Å². The molecule has 0 aliphatic rings. The number of carbonyl (C=O) groups is 2. The standard InChI is InChI=1S/C26H31N5O7S/c1-15-8-9-16(10-20(15)37-21-13-22(29-14-28-21)38-25(33)27-5)24(32)30-18-11-17(26(2,3)4)12-19(23(18)36-6)31-39(7,34)35/h8-14,31H,1-7H3,(H,27,33)(H,30,32). The fourth-order valence-electron chi connectivity index (χ4n) is 3.39. The Hall–Kier alpha value is -4.39. The van der Waals surface area contributed by atoms with Crippen molar-refractivity contribution in [2.45, 2.75) is 33.1 Å². The molecule has 0 bridgehead atoms. The molecule has 13 heteroatoms. The van der Waals surface area contributed by atoms with E-state index in [1.54, 1.807) is 31.2 Å². The summed E-state index contributed by atoms with van der Waals surface area (Å²) in [5, 5.41) is 5.14. The van der Waals surface area contributed by atoms with E-state index in [4.69, 9.17) is 14.2 Å². The van der Waals surface area contributed by atoms with Gasteiger partial charge in [-0.1, -0.05) is 26.8 Å². The molecule has 1 heterocycles. The number of ether oxygens (including phenoxy) is 3. The monoisotopic (exact) mass is 557 g/mol. The number of carbonyl (C=O) groups excluding carboxylic acids is 2. The molecule has 0 unspecified atom stereocenters. The van der Waals surface area contributed by atoms with E-state index in [0.717, 1.165) is 11.8 Å². The maximum Gasteiger partial charge on any atom is 0.413 e. The number of nitrogens with zero attached hydrogens (tertiary/aromatic N) is 2. The highest BCUT2D eigenvalue weighted by Gasteiger charge is 2.23. The van der Waals surface area contributed by atoms with Crippen LogP contribution in [0.1, 0.15) is 42.3 Å². The van der Waals surface area contributed by atoms with Gasteiger partial charge in [0.2, 0.25) is 21.8 Å². The van der Waals surface area contributed by atoms with Crippen LogP contribution < -0.4 is 29.6 Å². The van der Waals surface area contributed by atoms with E-state index in [0.29, 0.717) is 11.3 Å². The molecule has 2 aromatic carbocycles. The van der Waals surface area contributed by atoms with Gasteiger partial charge in [0.15, 0.2) is 5.75 Å². The number of benzene rings is 2. The minimum Gasteiger partial charge on any atom is -0.492 e. The lowest BCUT2D eigenvalue weighted by Gasteiger charge is -2.24. The van der Waals surface area contributed by atoms with Crippen molar-refractivity contribution in [3.8, 4) is 23.3 Å². The normalized spacial score (nSPS) is 11.4. The number of rotatable bonds is 8. The van der Waals surface area contributed by atoms with Crippen molar-refractivity contribution in [2.75, 3.05) is 30.5 Å². The number of hydrogen-bond acceptors (Lipinski definition) is 9. The number of nitrogens with one attached hydrogen (secondary N) is 3. The molecule has 0 saturated carbocycles. The molecular weight excluding hydrogens is 526 g/mol. The summed E-state index contributed by atoms with van der Waals surface area (Å²) in [6, 6.07) is 9.60. The second-order valence-corrected chi connectivity index (χ2v) is 11.3. The van der Waals surface area contributed by atoms with E-state index >= 15 is 0 Å². The number of anilines is 2. The Kier molecular flexibility index (Phi) is 8.64. The molecule has 3 aromatic rings. The van der Waals surface area contributed by atoms with E-state index in [1.165, 1.54) is 32.6 Å². The van der Waals surface area contributed by atoms with Crippen LogP contribution in [-0.2, 0) is 15.4 Å². The molecule has 39 heavy (non-hydrogen) atoms. The van der Waals surface area contributed by atoms with Crippen LogP contribution in [0.15, 0.2) is 42.7 Å². The largest absolute Gasteiger partial charge is 0.492 e. The Morgan fingerprint density at radius 2 is 1.64 bits per heavy atom. The van der Waals surface area contributed by atoms with Crippen LogP contribution in [0.5, 0.6) is 23.3 Å². The second kappa shape index (κ2) is 11.6. The first-order chi connectivity index (χ1) is 18.2. The number of aromatic nitrogens is 2. The fourth-order valence-corrected chi connectivity index (χ4v) is 3.94. The maximum atomic E-state index is 13.3. The minimum absolute atomic E-state index is 0.0183. The van der Waals surface area contributed by atoms with Gasteiger partial charge >= 0.3 is 6.09 Å². The van der Waals surface area contributed by atoms with E-state index in [9.17, 15) is 18.0 Å². The van der Waals surface area contributed by atoms with Crippen molar-refractivity contribution in [2.24, 2.45) is 0 Å². The number of aryl methyl sites for hydroxylation is 1. The number of methoxy groups -OCH3 is 1. The van der Waals surface area contributed by atoms with Crippen molar-refractivity contribution in [1.82, 2.24) is 15.3 Å². The summed E-state index contributed by atoms with van der Waals surface area (Å²) >= 11 is 0. The van der Waals surface area contributed by atoms with Crippen molar-refractivity contribution < 1.29 is 32.2 Å². The Morgan fingerprint density at radius 3 is 2.26 bits per heavy atom. The third-order valence-corrected chi connectivity index (χ3v) is 5.98. The first-order valence-corrected chi connectivity index (χ1v) is 13.6. The van der Waals surface area contributed by atoms with Gasteiger partial charge in [-0.3, -0.25) is 9.52 Å². The maximum absolute atomic E-state index is 13.3. The Morgan fingerprint density at radius 1 is 0.974 bits per heavy atom. The molecular formula is C26H31N5O7S. The summed E-state index contributed by atoms with van der Waals surface area (Å²) in [6.07, 6.45) is 1.51. The quantitative estimate of drug-likeness (QED) is 0.369. The lowest BCUT2D eigenvalue weighted by molar-refractivity contribution is 0.102. The number of hydrogen-bond donors (Lipinski definition) is 3. The predicted octanol–water partition coefficient (Wildman–Crippen LogP) is 4.23. The van der Waals surface area contributed by atoms with Crippen LogP contribution in [-0.4, -0.2) is 50.8 Å². The van der Waals surface area contributed by atoms with Gasteiger partial charge in [0.05, 0.1) is 30.8 Å². The summed E-state index contributed by atoms with van der Waals surface area (Å²) in [4.78, 5) is 32.7. The molecule has 0 aliphatic carbocycles. The Labute approximate surface area is 227 Å². The second-order valence-electron chi connectivity index (χ2n) is 9.60. The van der Waals surface area contributed by atoms with Gasteiger partial charge in [0.1, 0.15) is 12.1 Å². The molecule has 0 atom stereocenters. The van der Waals surface area contributed by atoms with Gasteiger partial charge in [0, 0.05) is 12.6 Å². The zero-order chi connectivity index (χ0) is 29.0.